The Hall–Kier alpha value is -1.11. The average molecular weight is 299 g/mol. The average Bonchev–Trinajstić information content (AvgIpc) is 3.20. The molecule has 5 nitrogen and oxygen atoms in total. The highest BCUT2D eigenvalue weighted by molar-refractivity contribution is 7.89. The minimum absolute atomic E-state index is 0.0634. The Labute approximate surface area is 120 Å². The van der Waals surface area contributed by atoms with Gasteiger partial charge in [-0.25, -0.2) is 13.1 Å². The van der Waals surface area contributed by atoms with Gasteiger partial charge in [0.1, 0.15) is 5.75 Å². The molecule has 1 aromatic rings. The smallest absolute Gasteiger partial charge is 0.212 e. The van der Waals surface area contributed by atoms with Crippen molar-refractivity contribution >= 4 is 10.0 Å². The summed E-state index contributed by atoms with van der Waals surface area (Å²) in [4.78, 5) is 0. The summed E-state index contributed by atoms with van der Waals surface area (Å²) in [5, 5.41) is 8.70. The molecular weight excluding hydrogens is 278 g/mol. The van der Waals surface area contributed by atoms with Crippen molar-refractivity contribution < 1.29 is 18.3 Å². The van der Waals surface area contributed by atoms with Gasteiger partial charge in [0.05, 0.1) is 11.9 Å². The first-order valence-electron chi connectivity index (χ1n) is 6.87. The fraction of sp³-hybridized carbons (Fsp3) is 0.571. The molecule has 0 amide bonds. The first kappa shape index (κ1) is 15.3. The monoisotopic (exact) mass is 299 g/mol. The van der Waals surface area contributed by atoms with E-state index >= 15 is 0 Å². The lowest BCUT2D eigenvalue weighted by Crippen LogP contribution is -2.29. The zero-order chi connectivity index (χ0) is 14.6. The summed E-state index contributed by atoms with van der Waals surface area (Å²) < 4.78 is 31.9. The van der Waals surface area contributed by atoms with Crippen molar-refractivity contribution in [3.05, 3.63) is 29.8 Å². The number of ether oxygens (including phenoxy) is 1. The van der Waals surface area contributed by atoms with Crippen LogP contribution in [-0.2, 0) is 10.0 Å². The van der Waals surface area contributed by atoms with Gasteiger partial charge in [0.15, 0.2) is 0 Å². The molecule has 0 radical (unpaired) electrons. The van der Waals surface area contributed by atoms with Gasteiger partial charge in [0.2, 0.25) is 10.0 Å². The lowest BCUT2D eigenvalue weighted by atomic mass is 10.1. The molecule has 0 bridgehead atoms. The predicted octanol–water partition coefficient (Wildman–Crippen LogP) is 1.59. The minimum atomic E-state index is -3.37. The molecule has 1 aliphatic carbocycles. The van der Waals surface area contributed by atoms with Crippen LogP contribution >= 0.6 is 0 Å². The summed E-state index contributed by atoms with van der Waals surface area (Å²) in [6, 6.07) is 7.18. The highest BCUT2D eigenvalue weighted by atomic mass is 32.2. The molecule has 1 atom stereocenters. The van der Waals surface area contributed by atoms with E-state index in [9.17, 15) is 8.42 Å². The van der Waals surface area contributed by atoms with Crippen molar-refractivity contribution in [3.63, 3.8) is 0 Å². The quantitative estimate of drug-likeness (QED) is 0.764. The summed E-state index contributed by atoms with van der Waals surface area (Å²) in [5.41, 5.74) is 0.871. The first-order valence-corrected chi connectivity index (χ1v) is 8.53. The van der Waals surface area contributed by atoms with E-state index in [1.54, 1.807) is 6.92 Å². The molecule has 0 heterocycles. The predicted molar refractivity (Wildman–Crippen MR) is 77.1 cm³/mol. The fourth-order valence-electron chi connectivity index (χ4n) is 1.89. The zero-order valence-corrected chi connectivity index (χ0v) is 12.4. The van der Waals surface area contributed by atoms with Crippen LogP contribution in [0.4, 0.5) is 0 Å². The van der Waals surface area contributed by atoms with Crippen LogP contribution in [0.15, 0.2) is 24.3 Å². The third-order valence-corrected chi connectivity index (χ3v) is 4.65. The Morgan fingerprint density at radius 2 is 2.20 bits per heavy atom. The van der Waals surface area contributed by atoms with E-state index in [-0.39, 0.29) is 24.8 Å². The van der Waals surface area contributed by atoms with Crippen molar-refractivity contribution in [3.8, 4) is 5.75 Å². The van der Waals surface area contributed by atoms with Crippen LogP contribution in [-0.4, -0.2) is 32.0 Å². The number of benzene rings is 1. The fourth-order valence-corrected chi connectivity index (χ4v) is 3.19. The van der Waals surface area contributed by atoms with Gasteiger partial charge >= 0.3 is 0 Å². The number of hydrogen-bond acceptors (Lipinski definition) is 4. The van der Waals surface area contributed by atoms with Crippen molar-refractivity contribution in [2.75, 3.05) is 12.4 Å². The van der Waals surface area contributed by atoms with Crippen LogP contribution in [0.1, 0.15) is 37.8 Å². The van der Waals surface area contributed by atoms with Crippen LogP contribution in [0.5, 0.6) is 5.75 Å². The van der Waals surface area contributed by atoms with Crippen LogP contribution in [0.2, 0.25) is 0 Å². The summed E-state index contributed by atoms with van der Waals surface area (Å²) in [6.45, 7) is 1.67. The van der Waals surface area contributed by atoms with Crippen molar-refractivity contribution in [1.82, 2.24) is 4.72 Å². The summed E-state index contributed by atoms with van der Waals surface area (Å²) >= 11 is 0. The summed E-state index contributed by atoms with van der Waals surface area (Å²) in [6.07, 6.45) is 2.75. The van der Waals surface area contributed by atoms with Gasteiger partial charge in [-0.05, 0) is 43.9 Å². The molecule has 0 unspecified atom stereocenters. The summed E-state index contributed by atoms with van der Waals surface area (Å²) in [5.74, 6) is 0.720. The van der Waals surface area contributed by atoms with E-state index in [0.717, 1.165) is 24.2 Å². The molecule has 20 heavy (non-hydrogen) atoms. The highest BCUT2D eigenvalue weighted by Crippen LogP contribution is 2.28. The molecule has 1 aromatic carbocycles. The molecule has 0 aromatic heterocycles. The molecule has 0 saturated heterocycles. The van der Waals surface area contributed by atoms with Gasteiger partial charge in [-0.15, -0.1) is 0 Å². The zero-order valence-electron chi connectivity index (χ0n) is 11.6. The Morgan fingerprint density at radius 1 is 1.45 bits per heavy atom. The van der Waals surface area contributed by atoms with Gasteiger partial charge in [-0.1, -0.05) is 12.1 Å². The van der Waals surface area contributed by atoms with Crippen molar-refractivity contribution in [1.29, 1.82) is 0 Å². The van der Waals surface area contributed by atoms with Gasteiger partial charge in [-0.3, -0.25) is 0 Å². The molecule has 2 N–H and O–H groups in total. The maximum atomic E-state index is 11.8. The number of nitrogens with one attached hydrogen (secondary N) is 1. The van der Waals surface area contributed by atoms with Crippen LogP contribution < -0.4 is 9.46 Å². The number of rotatable bonds is 8. The van der Waals surface area contributed by atoms with Crippen molar-refractivity contribution in [2.45, 2.75) is 38.3 Å². The molecular formula is C14H21NO4S. The van der Waals surface area contributed by atoms with Gasteiger partial charge < -0.3 is 9.84 Å². The Kier molecular flexibility index (Phi) is 5.01. The lowest BCUT2D eigenvalue weighted by molar-refractivity contribution is 0.295. The third-order valence-electron chi connectivity index (χ3n) is 3.11. The SMILES string of the molecule is C[C@@H](NS(=O)(=O)CCCO)c1cccc(OC2CC2)c1. The van der Waals surface area contributed by atoms with Crippen LogP contribution in [0.3, 0.4) is 0 Å². The second-order valence-corrected chi connectivity index (χ2v) is 7.00. The van der Waals surface area contributed by atoms with E-state index in [1.165, 1.54) is 0 Å². The molecule has 2 rings (SSSR count). The van der Waals surface area contributed by atoms with E-state index in [0.29, 0.717) is 6.10 Å². The minimum Gasteiger partial charge on any atom is -0.490 e. The topological polar surface area (TPSA) is 75.6 Å². The maximum Gasteiger partial charge on any atom is 0.212 e. The molecule has 6 heteroatoms. The molecule has 1 fully saturated rings. The normalized spacial score (nSPS) is 16.9. The second-order valence-electron chi connectivity index (χ2n) is 5.13. The molecule has 0 aliphatic heterocycles. The van der Waals surface area contributed by atoms with Crippen LogP contribution in [0, 0.1) is 0 Å². The van der Waals surface area contributed by atoms with E-state index in [4.69, 9.17) is 9.84 Å². The van der Waals surface area contributed by atoms with E-state index in [2.05, 4.69) is 4.72 Å². The van der Waals surface area contributed by atoms with Gasteiger partial charge in [-0.2, -0.15) is 0 Å². The molecule has 1 aliphatic rings. The Bertz CT molecular complexity index is 540. The Morgan fingerprint density at radius 3 is 2.85 bits per heavy atom. The van der Waals surface area contributed by atoms with Gasteiger partial charge in [0.25, 0.3) is 0 Å². The largest absolute Gasteiger partial charge is 0.490 e. The Balaban J connectivity index is 1.98. The van der Waals surface area contributed by atoms with Crippen LogP contribution in [0.25, 0.3) is 0 Å². The first-order chi connectivity index (χ1) is 9.50. The molecule has 0 spiro atoms. The number of aliphatic hydroxyl groups excluding tert-OH is 1. The molecule has 1 saturated carbocycles. The number of aliphatic hydroxyl groups is 1. The third kappa shape index (κ3) is 4.77. The molecule has 112 valence electrons. The highest BCUT2D eigenvalue weighted by Gasteiger charge is 2.23. The van der Waals surface area contributed by atoms with E-state index < -0.39 is 10.0 Å². The maximum absolute atomic E-state index is 11.8. The second kappa shape index (κ2) is 6.56. The van der Waals surface area contributed by atoms with E-state index in [1.807, 2.05) is 24.3 Å². The van der Waals surface area contributed by atoms with Crippen molar-refractivity contribution in [2.24, 2.45) is 0 Å². The summed E-state index contributed by atoms with van der Waals surface area (Å²) in [7, 11) is -3.37. The van der Waals surface area contributed by atoms with Gasteiger partial charge in [0, 0.05) is 12.6 Å². The number of hydrogen-bond donors (Lipinski definition) is 2. The lowest BCUT2D eigenvalue weighted by Gasteiger charge is -2.15. The standard InChI is InChI=1S/C14H21NO4S/c1-11(15-20(17,18)9-3-8-16)12-4-2-5-14(10-12)19-13-6-7-13/h2,4-5,10-11,13,15-16H,3,6-9H2,1H3/t11-/m1/s1. The number of sulfonamides is 1.